The van der Waals surface area contributed by atoms with Crippen molar-refractivity contribution in [1.29, 1.82) is 0 Å². The minimum atomic E-state index is 0.999. The highest BCUT2D eigenvalue weighted by atomic mass is 32.1. The van der Waals surface area contributed by atoms with E-state index >= 15 is 0 Å². The van der Waals surface area contributed by atoms with E-state index in [4.69, 9.17) is 4.98 Å². The van der Waals surface area contributed by atoms with Gasteiger partial charge in [-0.3, -0.25) is 0 Å². The summed E-state index contributed by atoms with van der Waals surface area (Å²) in [6.07, 6.45) is 0. The minimum Gasteiger partial charge on any atom is -0.310 e. The van der Waals surface area contributed by atoms with E-state index in [-0.39, 0.29) is 0 Å². The van der Waals surface area contributed by atoms with Crippen molar-refractivity contribution in [2.45, 2.75) is 0 Å². The van der Waals surface area contributed by atoms with Gasteiger partial charge < -0.3 is 9.47 Å². The van der Waals surface area contributed by atoms with Gasteiger partial charge in [0.05, 0.1) is 22.2 Å². The molecule has 0 saturated carbocycles. The monoisotopic (exact) mass is 769 g/mol. The molecule has 12 aromatic rings. The van der Waals surface area contributed by atoms with Gasteiger partial charge in [0.2, 0.25) is 0 Å². The predicted molar refractivity (Wildman–Crippen MR) is 252 cm³/mol. The molecule has 3 heterocycles. The summed E-state index contributed by atoms with van der Waals surface area (Å²) in [5.41, 5.74) is 12.3. The van der Waals surface area contributed by atoms with Crippen molar-refractivity contribution in [1.82, 2.24) is 9.55 Å². The Morgan fingerprint density at radius 2 is 0.966 bits per heavy atom. The van der Waals surface area contributed by atoms with E-state index in [0.717, 1.165) is 39.5 Å². The van der Waals surface area contributed by atoms with Crippen LogP contribution in [0.5, 0.6) is 0 Å². The van der Waals surface area contributed by atoms with Crippen molar-refractivity contribution in [3.63, 3.8) is 0 Å². The van der Waals surface area contributed by atoms with Crippen LogP contribution in [0.1, 0.15) is 0 Å². The van der Waals surface area contributed by atoms with Crippen molar-refractivity contribution in [3.05, 3.63) is 212 Å². The van der Waals surface area contributed by atoms with Gasteiger partial charge in [-0.1, -0.05) is 140 Å². The Morgan fingerprint density at radius 1 is 0.390 bits per heavy atom. The lowest BCUT2D eigenvalue weighted by atomic mass is 9.98. The van der Waals surface area contributed by atoms with Gasteiger partial charge in [-0.15, -0.1) is 11.3 Å². The lowest BCUT2D eigenvalue weighted by Crippen LogP contribution is -2.10. The van der Waals surface area contributed by atoms with Crippen LogP contribution in [-0.4, -0.2) is 9.55 Å². The topological polar surface area (TPSA) is 21.1 Å². The molecular weight excluding hydrogens is 735 g/mol. The molecule has 0 amide bonds. The summed E-state index contributed by atoms with van der Waals surface area (Å²) in [4.78, 5) is 7.72. The van der Waals surface area contributed by atoms with E-state index in [1.165, 1.54) is 69.3 Å². The number of aromatic nitrogens is 2. The van der Waals surface area contributed by atoms with E-state index in [1.807, 2.05) is 11.3 Å². The molecule has 9 aromatic carbocycles. The van der Waals surface area contributed by atoms with Gasteiger partial charge in [0.25, 0.3) is 0 Å². The first-order valence-electron chi connectivity index (χ1n) is 20.0. The third-order valence-corrected chi connectivity index (χ3v) is 13.0. The maximum absolute atomic E-state index is 5.34. The second-order valence-corrected chi connectivity index (χ2v) is 16.2. The largest absolute Gasteiger partial charge is 0.310 e. The van der Waals surface area contributed by atoms with Gasteiger partial charge in [-0.25, -0.2) is 4.98 Å². The number of thiophene rings is 1. The summed E-state index contributed by atoms with van der Waals surface area (Å²) in [5, 5.41) is 8.68. The molecule has 0 atom stereocenters. The van der Waals surface area contributed by atoms with E-state index in [2.05, 4.69) is 222 Å². The van der Waals surface area contributed by atoms with Crippen molar-refractivity contribution >= 4 is 92.1 Å². The molecule has 59 heavy (non-hydrogen) atoms. The first kappa shape index (κ1) is 33.6. The number of hydrogen-bond donors (Lipinski definition) is 0. The fourth-order valence-corrected chi connectivity index (χ4v) is 10.3. The Balaban J connectivity index is 1.03. The van der Waals surface area contributed by atoms with Gasteiger partial charge in [-0.2, -0.15) is 0 Å². The normalized spacial score (nSPS) is 11.7. The van der Waals surface area contributed by atoms with Crippen molar-refractivity contribution in [2.75, 3.05) is 4.90 Å². The zero-order valence-corrected chi connectivity index (χ0v) is 32.8. The second-order valence-electron chi connectivity index (χ2n) is 15.1. The predicted octanol–water partition coefficient (Wildman–Crippen LogP) is 15.7. The highest BCUT2D eigenvalue weighted by molar-refractivity contribution is 7.26. The molecule has 0 unspecified atom stereocenters. The Kier molecular flexibility index (Phi) is 7.72. The molecule has 4 heteroatoms. The Hall–Kier alpha value is -7.53. The van der Waals surface area contributed by atoms with Gasteiger partial charge >= 0.3 is 0 Å². The summed E-state index contributed by atoms with van der Waals surface area (Å²) in [7, 11) is 0. The average Bonchev–Trinajstić information content (AvgIpc) is 3.86. The molecule has 276 valence electrons. The third kappa shape index (κ3) is 5.45. The number of benzene rings is 9. The molecule has 0 N–H and O–H groups in total. The molecule has 3 nitrogen and oxygen atoms in total. The van der Waals surface area contributed by atoms with Crippen LogP contribution in [0.3, 0.4) is 0 Å². The Labute approximate surface area is 345 Å². The fraction of sp³-hybridized carbons (Fsp3) is 0. The van der Waals surface area contributed by atoms with Crippen LogP contribution in [-0.2, 0) is 0 Å². The standard InChI is InChI=1S/C55H35N3S/c1-3-13-36(14-4-1)37-23-27-40(28-24-37)57(42-31-34-51-48(35-42)43-17-8-11-21-50(43)58(51)39-15-5-2-6-16-39)41-29-25-38(26-30-41)54-47-33-32-45-44-18-9-12-22-52(44)59-55(45)53(47)46-19-7-10-20-49(46)56-54/h1-35H. The molecule has 0 aliphatic rings. The quantitative estimate of drug-likeness (QED) is 0.157. The van der Waals surface area contributed by atoms with E-state index in [1.54, 1.807) is 0 Å². The van der Waals surface area contributed by atoms with Gasteiger partial charge in [0.1, 0.15) is 0 Å². The highest BCUT2D eigenvalue weighted by Gasteiger charge is 2.20. The van der Waals surface area contributed by atoms with E-state index in [0.29, 0.717) is 0 Å². The average molecular weight is 770 g/mol. The molecule has 0 spiro atoms. The van der Waals surface area contributed by atoms with E-state index < -0.39 is 0 Å². The molecule has 0 fully saturated rings. The smallest absolute Gasteiger partial charge is 0.0788 e. The maximum atomic E-state index is 5.34. The van der Waals surface area contributed by atoms with Gasteiger partial charge in [0.15, 0.2) is 0 Å². The van der Waals surface area contributed by atoms with Crippen molar-refractivity contribution in [2.24, 2.45) is 0 Å². The fourth-order valence-electron chi connectivity index (χ4n) is 9.04. The first-order valence-corrected chi connectivity index (χ1v) is 20.9. The summed E-state index contributed by atoms with van der Waals surface area (Å²) in [6, 6.07) is 76.6. The van der Waals surface area contributed by atoms with Gasteiger partial charge in [0, 0.05) is 75.4 Å². The molecule has 0 saturated heterocycles. The molecular formula is C55H35N3S. The van der Waals surface area contributed by atoms with Crippen LogP contribution >= 0.6 is 11.3 Å². The summed E-state index contributed by atoms with van der Waals surface area (Å²) >= 11 is 1.88. The Bertz CT molecular complexity index is 3530. The van der Waals surface area contributed by atoms with Crippen molar-refractivity contribution < 1.29 is 0 Å². The zero-order chi connectivity index (χ0) is 38.9. The van der Waals surface area contributed by atoms with E-state index in [9.17, 15) is 0 Å². The number of nitrogens with zero attached hydrogens (tertiary/aromatic N) is 3. The van der Waals surface area contributed by atoms with Crippen LogP contribution in [0.2, 0.25) is 0 Å². The number of anilines is 3. The molecule has 0 aliphatic carbocycles. The SMILES string of the molecule is c1ccc(-c2ccc(N(c3ccc(-c4nc5ccccc5c5c4ccc4c6ccccc6sc45)cc3)c3ccc4c(c3)c3ccccc3n4-c3ccccc3)cc2)cc1. The molecule has 0 aliphatic heterocycles. The number of pyridine rings is 1. The Morgan fingerprint density at radius 3 is 1.75 bits per heavy atom. The lowest BCUT2D eigenvalue weighted by molar-refractivity contribution is 1.18. The summed E-state index contributed by atoms with van der Waals surface area (Å²) < 4.78 is 4.99. The van der Waals surface area contributed by atoms with Crippen LogP contribution < -0.4 is 4.90 Å². The van der Waals surface area contributed by atoms with Crippen LogP contribution in [0.15, 0.2) is 212 Å². The number of fused-ring (bicyclic) bond motifs is 10. The van der Waals surface area contributed by atoms with Crippen LogP contribution in [0, 0.1) is 0 Å². The highest BCUT2D eigenvalue weighted by Crippen LogP contribution is 2.45. The van der Waals surface area contributed by atoms with Crippen LogP contribution in [0.4, 0.5) is 17.1 Å². The zero-order valence-electron chi connectivity index (χ0n) is 32.0. The first-order chi connectivity index (χ1) is 29.3. The molecule has 0 radical (unpaired) electrons. The minimum absolute atomic E-state index is 0.999. The number of hydrogen-bond acceptors (Lipinski definition) is 3. The van der Waals surface area contributed by atoms with Gasteiger partial charge in [-0.05, 0) is 83.9 Å². The second kappa shape index (κ2) is 13.6. The maximum Gasteiger partial charge on any atom is 0.0788 e. The third-order valence-electron chi connectivity index (χ3n) is 11.8. The molecule has 12 rings (SSSR count). The van der Waals surface area contributed by atoms with Crippen molar-refractivity contribution in [3.8, 4) is 28.1 Å². The summed E-state index contributed by atoms with van der Waals surface area (Å²) in [6.45, 7) is 0. The lowest BCUT2D eigenvalue weighted by Gasteiger charge is -2.26. The number of rotatable bonds is 6. The molecule has 0 bridgehead atoms. The molecule has 3 aromatic heterocycles. The number of para-hydroxylation sites is 3. The summed E-state index contributed by atoms with van der Waals surface area (Å²) in [5.74, 6) is 0. The van der Waals surface area contributed by atoms with Crippen LogP contribution in [0.25, 0.3) is 91.7 Å².